The molecule has 5 heteroatoms. The summed E-state index contributed by atoms with van der Waals surface area (Å²) in [5, 5.41) is 0. The molecule has 1 saturated heterocycles. The minimum absolute atomic E-state index is 0.0711. The van der Waals surface area contributed by atoms with Crippen molar-refractivity contribution in [1.29, 1.82) is 0 Å². The van der Waals surface area contributed by atoms with E-state index in [9.17, 15) is 4.79 Å². The molecule has 1 atom stereocenters. The number of carbonyl (C=O) groups is 1. The second-order valence-electron chi connectivity index (χ2n) is 3.74. The highest BCUT2D eigenvalue weighted by atomic mass is 16.2. The summed E-state index contributed by atoms with van der Waals surface area (Å²) in [5.41, 5.74) is 6.21. The fourth-order valence-electron chi connectivity index (χ4n) is 1.77. The standard InChI is InChI=1S/C10H14N4O/c11-8-2-1-5-14(7-8)10(15)9-6-12-3-4-13-9/h3-4,6,8H,1-2,5,7,11H2/t8-/m0/s1. The molecule has 2 heterocycles. The summed E-state index contributed by atoms with van der Waals surface area (Å²) in [4.78, 5) is 21.5. The summed E-state index contributed by atoms with van der Waals surface area (Å²) in [6.07, 6.45) is 6.52. The normalized spacial score (nSPS) is 21.4. The molecule has 1 fully saturated rings. The highest BCUT2D eigenvalue weighted by Crippen LogP contribution is 2.10. The van der Waals surface area contributed by atoms with Crippen LogP contribution in [0.1, 0.15) is 23.3 Å². The molecule has 1 amide bonds. The van der Waals surface area contributed by atoms with Crippen molar-refractivity contribution in [3.05, 3.63) is 24.3 Å². The van der Waals surface area contributed by atoms with E-state index in [-0.39, 0.29) is 11.9 Å². The van der Waals surface area contributed by atoms with Crippen molar-refractivity contribution in [2.24, 2.45) is 5.73 Å². The third-order valence-corrected chi connectivity index (χ3v) is 2.53. The van der Waals surface area contributed by atoms with E-state index in [1.807, 2.05) is 0 Å². The first-order valence-electron chi connectivity index (χ1n) is 5.08. The van der Waals surface area contributed by atoms with E-state index in [0.717, 1.165) is 19.4 Å². The topological polar surface area (TPSA) is 72.1 Å². The maximum atomic E-state index is 11.9. The van der Waals surface area contributed by atoms with Crippen molar-refractivity contribution in [3.63, 3.8) is 0 Å². The van der Waals surface area contributed by atoms with E-state index in [4.69, 9.17) is 5.73 Å². The van der Waals surface area contributed by atoms with Crippen molar-refractivity contribution in [2.75, 3.05) is 13.1 Å². The molecule has 0 aliphatic carbocycles. The Morgan fingerprint density at radius 1 is 1.53 bits per heavy atom. The molecule has 15 heavy (non-hydrogen) atoms. The third kappa shape index (κ3) is 2.30. The summed E-state index contributed by atoms with van der Waals surface area (Å²) < 4.78 is 0. The van der Waals surface area contributed by atoms with Crippen LogP contribution in [-0.2, 0) is 0 Å². The van der Waals surface area contributed by atoms with Gasteiger partial charge in [0, 0.05) is 31.5 Å². The molecule has 2 N–H and O–H groups in total. The van der Waals surface area contributed by atoms with Crippen molar-refractivity contribution in [1.82, 2.24) is 14.9 Å². The Kier molecular flexibility index (Phi) is 2.91. The third-order valence-electron chi connectivity index (χ3n) is 2.53. The first kappa shape index (κ1) is 10.0. The number of rotatable bonds is 1. The van der Waals surface area contributed by atoms with Crippen molar-refractivity contribution < 1.29 is 4.79 Å². The smallest absolute Gasteiger partial charge is 0.274 e. The number of hydrogen-bond acceptors (Lipinski definition) is 4. The predicted octanol–water partition coefficient (Wildman–Crippen LogP) is 0.0399. The minimum Gasteiger partial charge on any atom is -0.336 e. The van der Waals surface area contributed by atoms with E-state index >= 15 is 0 Å². The average Bonchev–Trinajstić information content (AvgIpc) is 2.29. The highest BCUT2D eigenvalue weighted by Gasteiger charge is 2.22. The largest absolute Gasteiger partial charge is 0.336 e. The lowest BCUT2D eigenvalue weighted by Gasteiger charge is -2.30. The van der Waals surface area contributed by atoms with Crippen LogP contribution in [0.5, 0.6) is 0 Å². The molecule has 0 saturated carbocycles. The number of nitrogens with zero attached hydrogens (tertiary/aromatic N) is 3. The predicted molar refractivity (Wildman–Crippen MR) is 55.1 cm³/mol. The van der Waals surface area contributed by atoms with Gasteiger partial charge < -0.3 is 10.6 Å². The second-order valence-corrected chi connectivity index (χ2v) is 3.74. The zero-order valence-electron chi connectivity index (χ0n) is 8.47. The molecule has 1 aromatic heterocycles. The molecule has 0 unspecified atom stereocenters. The van der Waals surface area contributed by atoms with Gasteiger partial charge in [0.2, 0.25) is 0 Å². The molecule has 0 bridgehead atoms. The van der Waals surface area contributed by atoms with Gasteiger partial charge in [0.25, 0.3) is 5.91 Å². The van der Waals surface area contributed by atoms with Gasteiger partial charge >= 0.3 is 0 Å². The molecular formula is C10H14N4O. The van der Waals surface area contributed by atoms with Gasteiger partial charge in [-0.3, -0.25) is 9.78 Å². The Labute approximate surface area is 88.3 Å². The maximum Gasteiger partial charge on any atom is 0.274 e. The number of carbonyl (C=O) groups excluding carboxylic acids is 1. The van der Waals surface area contributed by atoms with Gasteiger partial charge in [-0.25, -0.2) is 4.98 Å². The first-order chi connectivity index (χ1) is 7.27. The molecule has 2 rings (SSSR count). The molecule has 1 aliphatic heterocycles. The van der Waals surface area contributed by atoms with E-state index < -0.39 is 0 Å². The van der Waals surface area contributed by atoms with Gasteiger partial charge in [-0.2, -0.15) is 0 Å². The zero-order chi connectivity index (χ0) is 10.7. The van der Waals surface area contributed by atoms with Crippen LogP contribution in [0.2, 0.25) is 0 Å². The second kappa shape index (κ2) is 4.35. The number of amides is 1. The fraction of sp³-hybridized carbons (Fsp3) is 0.500. The van der Waals surface area contributed by atoms with E-state index in [2.05, 4.69) is 9.97 Å². The number of piperidine rings is 1. The summed E-state index contributed by atoms with van der Waals surface area (Å²) in [5.74, 6) is -0.0711. The monoisotopic (exact) mass is 206 g/mol. The van der Waals surface area contributed by atoms with Gasteiger partial charge in [-0.15, -0.1) is 0 Å². The molecule has 80 valence electrons. The molecule has 0 aromatic carbocycles. The van der Waals surface area contributed by atoms with Crippen molar-refractivity contribution >= 4 is 5.91 Å². The highest BCUT2D eigenvalue weighted by molar-refractivity contribution is 5.92. The van der Waals surface area contributed by atoms with Crippen LogP contribution in [0.15, 0.2) is 18.6 Å². The first-order valence-corrected chi connectivity index (χ1v) is 5.08. The Morgan fingerprint density at radius 2 is 2.40 bits per heavy atom. The van der Waals surface area contributed by atoms with E-state index in [0.29, 0.717) is 12.2 Å². The van der Waals surface area contributed by atoms with E-state index in [1.54, 1.807) is 11.1 Å². The number of aromatic nitrogens is 2. The molecule has 5 nitrogen and oxygen atoms in total. The maximum absolute atomic E-state index is 11.9. The van der Waals surface area contributed by atoms with Crippen molar-refractivity contribution in [3.8, 4) is 0 Å². The van der Waals surface area contributed by atoms with Crippen LogP contribution in [0.4, 0.5) is 0 Å². The molecule has 0 spiro atoms. The van der Waals surface area contributed by atoms with Gasteiger partial charge in [-0.1, -0.05) is 0 Å². The Hall–Kier alpha value is -1.49. The quantitative estimate of drug-likeness (QED) is 0.704. The van der Waals surface area contributed by atoms with Crippen LogP contribution < -0.4 is 5.73 Å². The van der Waals surface area contributed by atoms with Gasteiger partial charge in [0.1, 0.15) is 5.69 Å². The number of likely N-dealkylation sites (tertiary alicyclic amines) is 1. The van der Waals surface area contributed by atoms with Gasteiger partial charge in [0.05, 0.1) is 6.20 Å². The van der Waals surface area contributed by atoms with Crippen LogP contribution in [-0.4, -0.2) is 39.9 Å². The SMILES string of the molecule is N[C@H]1CCCN(C(=O)c2cnccn2)C1. The van der Waals surface area contributed by atoms with Crippen LogP contribution in [0.3, 0.4) is 0 Å². The summed E-state index contributed by atoms with van der Waals surface area (Å²) in [6, 6.07) is 0.0966. The zero-order valence-corrected chi connectivity index (χ0v) is 8.47. The molecule has 0 radical (unpaired) electrons. The average molecular weight is 206 g/mol. The minimum atomic E-state index is -0.0711. The summed E-state index contributed by atoms with van der Waals surface area (Å²) in [7, 11) is 0. The lowest BCUT2D eigenvalue weighted by atomic mass is 10.1. The Morgan fingerprint density at radius 3 is 3.07 bits per heavy atom. The lowest BCUT2D eigenvalue weighted by Crippen LogP contribution is -2.45. The molecule has 1 aromatic rings. The number of hydrogen-bond donors (Lipinski definition) is 1. The lowest BCUT2D eigenvalue weighted by molar-refractivity contribution is 0.0702. The Bertz CT molecular complexity index is 341. The van der Waals surface area contributed by atoms with Crippen molar-refractivity contribution in [2.45, 2.75) is 18.9 Å². The summed E-state index contributed by atoms with van der Waals surface area (Å²) >= 11 is 0. The van der Waals surface area contributed by atoms with Crippen LogP contribution >= 0.6 is 0 Å². The molecular weight excluding hydrogens is 192 g/mol. The Balaban J connectivity index is 2.08. The fourth-order valence-corrected chi connectivity index (χ4v) is 1.77. The van der Waals surface area contributed by atoms with Gasteiger partial charge in [0.15, 0.2) is 0 Å². The van der Waals surface area contributed by atoms with Gasteiger partial charge in [-0.05, 0) is 12.8 Å². The van der Waals surface area contributed by atoms with E-state index in [1.165, 1.54) is 12.4 Å². The summed E-state index contributed by atoms with van der Waals surface area (Å²) in [6.45, 7) is 1.39. The molecule has 1 aliphatic rings. The number of nitrogens with two attached hydrogens (primary N) is 1. The van der Waals surface area contributed by atoms with Crippen LogP contribution in [0, 0.1) is 0 Å². The van der Waals surface area contributed by atoms with Crippen LogP contribution in [0.25, 0.3) is 0 Å².